The van der Waals surface area contributed by atoms with E-state index in [1.165, 1.54) is 12.8 Å². The monoisotopic (exact) mass is 335 g/mol. The van der Waals surface area contributed by atoms with E-state index >= 15 is 0 Å². The summed E-state index contributed by atoms with van der Waals surface area (Å²) < 4.78 is 16.2. The lowest BCUT2D eigenvalue weighted by molar-refractivity contribution is 0.129. The first-order valence-corrected chi connectivity index (χ1v) is 8.57. The van der Waals surface area contributed by atoms with E-state index in [2.05, 4.69) is 22.5 Å². The SMILES string of the molecule is CCNC(=NCc1ccc(OC)c(OC)c1)NCCOCC1CC1. The highest BCUT2D eigenvalue weighted by Gasteiger charge is 2.20. The van der Waals surface area contributed by atoms with E-state index in [4.69, 9.17) is 14.2 Å². The Labute approximate surface area is 144 Å². The van der Waals surface area contributed by atoms with Gasteiger partial charge in [0.1, 0.15) is 0 Å². The van der Waals surface area contributed by atoms with E-state index in [0.717, 1.165) is 48.6 Å². The third kappa shape index (κ3) is 6.28. The van der Waals surface area contributed by atoms with Crippen LogP contribution in [0.4, 0.5) is 0 Å². The van der Waals surface area contributed by atoms with Crippen LogP contribution in [0.5, 0.6) is 11.5 Å². The minimum absolute atomic E-state index is 0.568. The second-order valence-corrected chi connectivity index (χ2v) is 5.83. The number of nitrogens with zero attached hydrogens (tertiary/aromatic N) is 1. The van der Waals surface area contributed by atoms with E-state index in [1.807, 2.05) is 18.2 Å². The maximum atomic E-state index is 5.63. The third-order valence-electron chi connectivity index (χ3n) is 3.80. The van der Waals surface area contributed by atoms with Gasteiger partial charge in [-0.1, -0.05) is 6.07 Å². The van der Waals surface area contributed by atoms with Gasteiger partial charge in [0.25, 0.3) is 0 Å². The zero-order valence-corrected chi connectivity index (χ0v) is 14.9. The number of benzene rings is 1. The van der Waals surface area contributed by atoms with Crippen LogP contribution >= 0.6 is 0 Å². The van der Waals surface area contributed by atoms with Crippen LogP contribution in [0.1, 0.15) is 25.3 Å². The van der Waals surface area contributed by atoms with Crippen molar-refractivity contribution in [3.8, 4) is 11.5 Å². The van der Waals surface area contributed by atoms with E-state index < -0.39 is 0 Å². The van der Waals surface area contributed by atoms with Gasteiger partial charge in [0.15, 0.2) is 17.5 Å². The molecule has 1 fully saturated rings. The van der Waals surface area contributed by atoms with Crippen molar-refractivity contribution in [1.29, 1.82) is 0 Å². The molecule has 0 unspecified atom stereocenters. The van der Waals surface area contributed by atoms with E-state index in [9.17, 15) is 0 Å². The molecule has 0 radical (unpaired) electrons. The Morgan fingerprint density at radius 2 is 1.96 bits per heavy atom. The average molecular weight is 335 g/mol. The maximum absolute atomic E-state index is 5.63. The molecule has 0 aromatic heterocycles. The summed E-state index contributed by atoms with van der Waals surface area (Å²) in [7, 11) is 3.27. The summed E-state index contributed by atoms with van der Waals surface area (Å²) >= 11 is 0. The first-order chi connectivity index (χ1) is 11.8. The summed E-state index contributed by atoms with van der Waals surface area (Å²) in [5, 5.41) is 6.54. The highest BCUT2D eigenvalue weighted by molar-refractivity contribution is 5.79. The van der Waals surface area contributed by atoms with Crippen LogP contribution in [-0.2, 0) is 11.3 Å². The molecule has 1 aliphatic carbocycles. The van der Waals surface area contributed by atoms with Crippen LogP contribution in [0, 0.1) is 5.92 Å². The molecule has 6 heteroatoms. The molecule has 0 spiro atoms. The molecule has 1 saturated carbocycles. The molecule has 2 rings (SSSR count). The first-order valence-electron chi connectivity index (χ1n) is 8.57. The Hall–Kier alpha value is -1.95. The maximum Gasteiger partial charge on any atom is 0.191 e. The number of nitrogens with one attached hydrogen (secondary N) is 2. The van der Waals surface area contributed by atoms with E-state index in [-0.39, 0.29) is 0 Å². The standard InChI is InChI=1S/C18H29N3O3/c1-4-19-18(20-9-10-24-13-14-5-6-14)21-12-15-7-8-16(22-2)17(11-15)23-3/h7-8,11,14H,4-6,9-10,12-13H2,1-3H3,(H2,19,20,21). The Morgan fingerprint density at radius 3 is 2.62 bits per heavy atom. The summed E-state index contributed by atoms with van der Waals surface area (Å²) in [4.78, 5) is 4.60. The molecule has 24 heavy (non-hydrogen) atoms. The summed E-state index contributed by atoms with van der Waals surface area (Å²) in [6.07, 6.45) is 2.64. The number of hydrogen-bond acceptors (Lipinski definition) is 4. The third-order valence-corrected chi connectivity index (χ3v) is 3.80. The second-order valence-electron chi connectivity index (χ2n) is 5.83. The van der Waals surface area contributed by atoms with Gasteiger partial charge in [0.05, 0.1) is 27.4 Å². The van der Waals surface area contributed by atoms with Crippen LogP contribution in [0.3, 0.4) is 0 Å². The molecule has 1 aromatic rings. The van der Waals surface area contributed by atoms with Crippen molar-refractivity contribution in [2.24, 2.45) is 10.9 Å². The van der Waals surface area contributed by atoms with Gasteiger partial charge in [-0.2, -0.15) is 0 Å². The molecular formula is C18H29N3O3. The van der Waals surface area contributed by atoms with Crippen LogP contribution in [0.25, 0.3) is 0 Å². The second kappa shape index (κ2) is 10.0. The minimum Gasteiger partial charge on any atom is -0.493 e. The lowest BCUT2D eigenvalue weighted by Gasteiger charge is -2.12. The Kier molecular flexibility index (Phi) is 7.68. The molecular weight excluding hydrogens is 306 g/mol. The lowest BCUT2D eigenvalue weighted by Crippen LogP contribution is -2.39. The summed E-state index contributed by atoms with van der Waals surface area (Å²) in [5.41, 5.74) is 1.06. The lowest BCUT2D eigenvalue weighted by atomic mass is 10.2. The largest absolute Gasteiger partial charge is 0.493 e. The smallest absolute Gasteiger partial charge is 0.191 e. The number of aliphatic imine (C=N–C) groups is 1. The van der Waals surface area contributed by atoms with Crippen LogP contribution in [-0.4, -0.2) is 46.5 Å². The van der Waals surface area contributed by atoms with Gasteiger partial charge >= 0.3 is 0 Å². The fraction of sp³-hybridized carbons (Fsp3) is 0.611. The van der Waals surface area contributed by atoms with E-state index in [0.29, 0.717) is 13.2 Å². The van der Waals surface area contributed by atoms with Gasteiger partial charge in [-0.05, 0) is 43.4 Å². The Morgan fingerprint density at radius 1 is 1.17 bits per heavy atom. The van der Waals surface area contributed by atoms with Crippen molar-refractivity contribution in [1.82, 2.24) is 10.6 Å². The molecule has 0 saturated heterocycles. The zero-order valence-electron chi connectivity index (χ0n) is 14.9. The molecule has 0 heterocycles. The van der Waals surface area contributed by atoms with Crippen molar-refractivity contribution >= 4 is 5.96 Å². The van der Waals surface area contributed by atoms with Crippen LogP contribution in [0.15, 0.2) is 23.2 Å². The molecule has 0 bridgehead atoms. The van der Waals surface area contributed by atoms with Gasteiger partial charge < -0.3 is 24.8 Å². The molecule has 2 N–H and O–H groups in total. The van der Waals surface area contributed by atoms with Gasteiger partial charge in [0, 0.05) is 19.7 Å². The number of ether oxygens (including phenoxy) is 3. The van der Waals surface area contributed by atoms with Crippen molar-refractivity contribution in [2.45, 2.75) is 26.3 Å². The Bertz CT molecular complexity index is 530. The van der Waals surface area contributed by atoms with Gasteiger partial charge in [0.2, 0.25) is 0 Å². The summed E-state index contributed by atoms with van der Waals surface area (Å²) in [6, 6.07) is 5.84. The molecule has 1 aromatic carbocycles. The topological polar surface area (TPSA) is 64.1 Å². The predicted molar refractivity (Wildman–Crippen MR) is 95.9 cm³/mol. The molecule has 1 aliphatic rings. The number of guanidine groups is 1. The van der Waals surface area contributed by atoms with Crippen molar-refractivity contribution in [3.05, 3.63) is 23.8 Å². The normalized spacial score (nSPS) is 14.4. The first kappa shape index (κ1) is 18.4. The van der Waals surface area contributed by atoms with Gasteiger partial charge in [-0.3, -0.25) is 0 Å². The quantitative estimate of drug-likeness (QED) is 0.390. The molecule has 0 atom stereocenters. The molecule has 6 nitrogen and oxygen atoms in total. The minimum atomic E-state index is 0.568. The van der Waals surface area contributed by atoms with Crippen molar-refractivity contribution in [2.75, 3.05) is 40.5 Å². The van der Waals surface area contributed by atoms with Gasteiger partial charge in [-0.25, -0.2) is 4.99 Å². The van der Waals surface area contributed by atoms with Crippen LogP contribution < -0.4 is 20.1 Å². The average Bonchev–Trinajstić information content (AvgIpc) is 3.43. The predicted octanol–water partition coefficient (Wildman–Crippen LogP) is 2.19. The number of methoxy groups -OCH3 is 2. The fourth-order valence-electron chi connectivity index (χ4n) is 2.27. The fourth-order valence-corrected chi connectivity index (χ4v) is 2.27. The molecule has 134 valence electrons. The van der Waals surface area contributed by atoms with Gasteiger partial charge in [-0.15, -0.1) is 0 Å². The highest BCUT2D eigenvalue weighted by atomic mass is 16.5. The number of rotatable bonds is 10. The molecule has 0 amide bonds. The van der Waals surface area contributed by atoms with Crippen LogP contribution in [0.2, 0.25) is 0 Å². The van der Waals surface area contributed by atoms with E-state index in [1.54, 1.807) is 14.2 Å². The Balaban J connectivity index is 1.82. The highest BCUT2D eigenvalue weighted by Crippen LogP contribution is 2.28. The van der Waals surface area contributed by atoms with Crippen molar-refractivity contribution in [3.63, 3.8) is 0 Å². The summed E-state index contributed by atoms with van der Waals surface area (Å²) in [6.45, 7) is 5.79. The van der Waals surface area contributed by atoms with Crippen molar-refractivity contribution < 1.29 is 14.2 Å². The summed E-state index contributed by atoms with van der Waals surface area (Å²) in [5.74, 6) is 3.04. The zero-order chi connectivity index (χ0) is 17.2. The molecule has 0 aliphatic heterocycles. The number of hydrogen-bond donors (Lipinski definition) is 2.